The van der Waals surface area contributed by atoms with E-state index in [0.29, 0.717) is 10.6 Å². The average molecular weight is 371 g/mol. The normalized spacial score (nSPS) is 11.8. The lowest BCUT2D eigenvalue weighted by atomic mass is 10.1. The van der Waals surface area contributed by atoms with E-state index in [0.717, 1.165) is 10.2 Å². The molecule has 4 nitrogen and oxygen atoms in total. The third kappa shape index (κ3) is 3.89. The van der Waals surface area contributed by atoms with Crippen molar-refractivity contribution in [2.45, 2.75) is 6.04 Å². The summed E-state index contributed by atoms with van der Waals surface area (Å²) in [5.74, 6) is -0.289. The minimum Gasteiger partial charge on any atom is -0.508 e. The Hall–Kier alpha value is -1.72. The van der Waals surface area contributed by atoms with Crippen LogP contribution in [-0.2, 0) is 9.53 Å². The molecule has 2 N–H and O–H groups in total. The van der Waals surface area contributed by atoms with E-state index >= 15 is 0 Å². The summed E-state index contributed by atoms with van der Waals surface area (Å²) in [5.41, 5.74) is 1.40. The van der Waals surface area contributed by atoms with Crippen LogP contribution in [0.4, 0.5) is 5.69 Å². The van der Waals surface area contributed by atoms with Crippen LogP contribution in [0, 0.1) is 0 Å². The van der Waals surface area contributed by atoms with Gasteiger partial charge in [-0.2, -0.15) is 0 Å². The molecule has 110 valence electrons. The molecule has 2 aromatic rings. The SMILES string of the molecule is COC(=O)C(Nc1ccc(Cl)c(Br)c1)c1ccc(O)cc1. The van der Waals surface area contributed by atoms with Gasteiger partial charge in [0.25, 0.3) is 0 Å². The van der Waals surface area contributed by atoms with Crippen LogP contribution in [0.3, 0.4) is 0 Å². The number of ether oxygens (including phenoxy) is 1. The van der Waals surface area contributed by atoms with Crippen molar-refractivity contribution in [1.82, 2.24) is 0 Å². The molecule has 0 spiro atoms. The first-order valence-corrected chi connectivity index (χ1v) is 7.26. The van der Waals surface area contributed by atoms with E-state index in [9.17, 15) is 9.90 Å². The van der Waals surface area contributed by atoms with Crippen LogP contribution < -0.4 is 5.32 Å². The van der Waals surface area contributed by atoms with Crippen LogP contribution in [0.15, 0.2) is 46.9 Å². The van der Waals surface area contributed by atoms with Crippen LogP contribution in [0.25, 0.3) is 0 Å². The summed E-state index contributed by atoms with van der Waals surface area (Å²) >= 11 is 9.28. The maximum Gasteiger partial charge on any atom is 0.332 e. The largest absolute Gasteiger partial charge is 0.508 e. The predicted octanol–water partition coefficient (Wildman–Crippen LogP) is 4.13. The zero-order chi connectivity index (χ0) is 15.4. The fourth-order valence-corrected chi connectivity index (χ4v) is 2.31. The highest BCUT2D eigenvalue weighted by molar-refractivity contribution is 9.10. The maximum absolute atomic E-state index is 12.0. The molecule has 0 aliphatic heterocycles. The van der Waals surface area contributed by atoms with E-state index in [-0.39, 0.29) is 5.75 Å². The first kappa shape index (κ1) is 15.7. The molecule has 21 heavy (non-hydrogen) atoms. The van der Waals surface area contributed by atoms with Gasteiger partial charge in [0.05, 0.1) is 12.1 Å². The summed E-state index contributed by atoms with van der Waals surface area (Å²) in [5, 5.41) is 13.0. The van der Waals surface area contributed by atoms with E-state index in [1.165, 1.54) is 19.2 Å². The third-order valence-corrected chi connectivity index (χ3v) is 4.11. The van der Waals surface area contributed by atoms with Gasteiger partial charge in [0.15, 0.2) is 6.04 Å². The van der Waals surface area contributed by atoms with Gasteiger partial charge < -0.3 is 15.2 Å². The Morgan fingerprint density at radius 3 is 2.52 bits per heavy atom. The minimum atomic E-state index is -0.677. The molecule has 0 fully saturated rings. The zero-order valence-corrected chi connectivity index (χ0v) is 13.5. The molecular weight excluding hydrogens is 358 g/mol. The monoisotopic (exact) mass is 369 g/mol. The number of methoxy groups -OCH3 is 1. The predicted molar refractivity (Wildman–Crippen MR) is 85.6 cm³/mol. The molecule has 0 radical (unpaired) electrons. The number of carbonyl (C=O) groups is 1. The number of esters is 1. The van der Waals surface area contributed by atoms with E-state index in [2.05, 4.69) is 21.2 Å². The molecule has 6 heteroatoms. The van der Waals surface area contributed by atoms with Gasteiger partial charge in [-0.1, -0.05) is 23.7 Å². The highest BCUT2D eigenvalue weighted by Crippen LogP contribution is 2.28. The van der Waals surface area contributed by atoms with E-state index in [1.54, 1.807) is 30.3 Å². The summed E-state index contributed by atoms with van der Waals surface area (Å²) < 4.78 is 5.55. The fourth-order valence-electron chi connectivity index (χ4n) is 1.82. The van der Waals surface area contributed by atoms with Gasteiger partial charge in [0, 0.05) is 10.2 Å². The van der Waals surface area contributed by atoms with Crippen molar-refractivity contribution in [1.29, 1.82) is 0 Å². The van der Waals surface area contributed by atoms with E-state index in [4.69, 9.17) is 16.3 Å². The summed E-state index contributed by atoms with van der Waals surface area (Å²) in [6.07, 6.45) is 0. The van der Waals surface area contributed by atoms with Gasteiger partial charge in [-0.15, -0.1) is 0 Å². The summed E-state index contributed by atoms with van der Waals surface area (Å²) in [6.45, 7) is 0. The Balaban J connectivity index is 2.30. The van der Waals surface area contributed by atoms with Crippen LogP contribution >= 0.6 is 27.5 Å². The number of carbonyl (C=O) groups excluding carboxylic acids is 1. The second-order valence-electron chi connectivity index (χ2n) is 4.32. The quantitative estimate of drug-likeness (QED) is 0.794. The number of phenolic OH excluding ortho intramolecular Hbond substituents is 1. The fraction of sp³-hybridized carbons (Fsp3) is 0.133. The lowest BCUT2D eigenvalue weighted by Crippen LogP contribution is -2.22. The number of nitrogens with one attached hydrogen (secondary N) is 1. The molecule has 0 saturated carbocycles. The van der Waals surface area contributed by atoms with Crippen molar-refractivity contribution in [3.8, 4) is 5.75 Å². The number of phenols is 1. The Morgan fingerprint density at radius 1 is 1.29 bits per heavy atom. The molecule has 0 saturated heterocycles. The topological polar surface area (TPSA) is 58.6 Å². The number of rotatable bonds is 4. The molecule has 0 heterocycles. The number of aromatic hydroxyl groups is 1. The van der Waals surface area contributed by atoms with Gasteiger partial charge >= 0.3 is 5.97 Å². The number of anilines is 1. The van der Waals surface area contributed by atoms with Crippen LogP contribution in [0.5, 0.6) is 5.75 Å². The van der Waals surface area contributed by atoms with Gasteiger partial charge in [-0.3, -0.25) is 0 Å². The molecule has 0 aliphatic carbocycles. The second-order valence-corrected chi connectivity index (χ2v) is 5.58. The molecule has 0 bridgehead atoms. The maximum atomic E-state index is 12.0. The minimum absolute atomic E-state index is 0.136. The van der Waals surface area contributed by atoms with Gasteiger partial charge in [0.1, 0.15) is 5.75 Å². The lowest BCUT2D eigenvalue weighted by molar-refractivity contribution is -0.141. The Kier molecular flexibility index (Phi) is 5.09. The molecule has 0 aliphatic rings. The highest BCUT2D eigenvalue weighted by atomic mass is 79.9. The smallest absolute Gasteiger partial charge is 0.332 e. The first-order valence-electron chi connectivity index (χ1n) is 6.09. The first-order chi connectivity index (χ1) is 10.0. The molecule has 0 aromatic heterocycles. The second kappa shape index (κ2) is 6.83. The molecule has 2 aromatic carbocycles. The van der Waals surface area contributed by atoms with Gasteiger partial charge in [-0.25, -0.2) is 4.79 Å². The average Bonchev–Trinajstić information content (AvgIpc) is 2.48. The Labute approximate surface area is 135 Å². The zero-order valence-electron chi connectivity index (χ0n) is 11.1. The molecule has 1 atom stereocenters. The van der Waals surface area contributed by atoms with Crippen molar-refractivity contribution in [2.75, 3.05) is 12.4 Å². The number of hydrogen-bond acceptors (Lipinski definition) is 4. The molecular formula is C15H13BrClNO3. The van der Waals surface area contributed by atoms with Crippen molar-refractivity contribution in [3.63, 3.8) is 0 Å². The van der Waals surface area contributed by atoms with Crippen LogP contribution in [0.2, 0.25) is 5.02 Å². The molecule has 2 rings (SSSR count). The van der Waals surface area contributed by atoms with Crippen molar-refractivity contribution in [2.24, 2.45) is 0 Å². The van der Waals surface area contributed by atoms with Crippen LogP contribution in [0.1, 0.15) is 11.6 Å². The Bertz CT molecular complexity index is 646. The van der Waals surface area contributed by atoms with E-state index < -0.39 is 12.0 Å². The van der Waals surface area contributed by atoms with Gasteiger partial charge in [0.2, 0.25) is 0 Å². The van der Waals surface area contributed by atoms with Crippen molar-refractivity contribution in [3.05, 3.63) is 57.5 Å². The molecule has 1 unspecified atom stereocenters. The van der Waals surface area contributed by atoms with E-state index in [1.807, 2.05) is 0 Å². The standard InChI is InChI=1S/C15H13BrClNO3/c1-21-15(20)14(9-2-5-11(19)6-3-9)18-10-4-7-13(17)12(16)8-10/h2-8,14,18-19H,1H3. The Morgan fingerprint density at radius 2 is 1.95 bits per heavy atom. The molecule has 0 amide bonds. The van der Waals surface area contributed by atoms with Crippen molar-refractivity contribution >= 4 is 39.2 Å². The lowest BCUT2D eigenvalue weighted by Gasteiger charge is -2.18. The summed E-state index contributed by atoms with van der Waals surface area (Å²) in [4.78, 5) is 12.0. The third-order valence-electron chi connectivity index (χ3n) is 2.89. The number of benzene rings is 2. The highest BCUT2D eigenvalue weighted by Gasteiger charge is 2.21. The van der Waals surface area contributed by atoms with Crippen molar-refractivity contribution < 1.29 is 14.6 Å². The van der Waals surface area contributed by atoms with Gasteiger partial charge in [-0.05, 0) is 51.8 Å². The number of hydrogen-bond donors (Lipinski definition) is 2. The summed E-state index contributed by atoms with van der Waals surface area (Å²) in [6, 6.07) is 10.9. The number of halogens is 2. The summed E-state index contributed by atoms with van der Waals surface area (Å²) in [7, 11) is 1.33. The van der Waals surface area contributed by atoms with Crippen LogP contribution in [-0.4, -0.2) is 18.2 Å².